The number of imidazole rings is 1. The van der Waals surface area contributed by atoms with Crippen LogP contribution in [0.15, 0.2) is 67.4 Å². The lowest BCUT2D eigenvalue weighted by atomic mass is 10.2. The number of nitrogens with two attached hydrogens (primary N) is 1. The average Bonchev–Trinajstić information content (AvgIpc) is 2.82. The number of nitrogen functional groups attached to an aromatic ring is 1. The Hall–Kier alpha value is -2.55. The molecule has 0 fully saturated rings. The largest absolute Gasteiger partial charge is 0.338 e. The van der Waals surface area contributed by atoms with E-state index >= 15 is 0 Å². The summed E-state index contributed by atoms with van der Waals surface area (Å²) in [7, 11) is 0. The SMILES string of the molecule is C=C(/C=C\C=C/C)c1cn(N)c(-c2ccccc2)n1. The van der Waals surface area contributed by atoms with Crippen LogP contribution in [-0.4, -0.2) is 9.66 Å². The van der Waals surface area contributed by atoms with Crippen molar-refractivity contribution in [3.8, 4) is 11.4 Å². The molecule has 3 heteroatoms. The van der Waals surface area contributed by atoms with Crippen molar-refractivity contribution >= 4 is 5.57 Å². The zero-order valence-electron chi connectivity index (χ0n) is 11.0. The number of allylic oxidation sites excluding steroid dienone is 5. The number of rotatable bonds is 4. The normalized spacial score (nSPS) is 11.4. The van der Waals surface area contributed by atoms with Crippen molar-refractivity contribution < 1.29 is 0 Å². The van der Waals surface area contributed by atoms with E-state index in [4.69, 9.17) is 5.84 Å². The lowest BCUT2D eigenvalue weighted by Crippen LogP contribution is -2.07. The molecule has 0 saturated carbocycles. The number of hydrogen-bond acceptors (Lipinski definition) is 2. The molecule has 0 atom stereocenters. The third-order valence-electron chi connectivity index (χ3n) is 2.69. The Kier molecular flexibility index (Phi) is 3.98. The van der Waals surface area contributed by atoms with E-state index in [1.165, 1.54) is 4.68 Å². The van der Waals surface area contributed by atoms with Gasteiger partial charge in [0.25, 0.3) is 0 Å². The Morgan fingerprint density at radius 2 is 2.00 bits per heavy atom. The molecule has 3 nitrogen and oxygen atoms in total. The highest BCUT2D eigenvalue weighted by molar-refractivity contribution is 5.71. The van der Waals surface area contributed by atoms with Crippen molar-refractivity contribution in [1.29, 1.82) is 0 Å². The summed E-state index contributed by atoms with van der Waals surface area (Å²) in [6, 6.07) is 9.85. The summed E-state index contributed by atoms with van der Waals surface area (Å²) in [5, 5.41) is 0. The quantitative estimate of drug-likeness (QED) is 0.668. The Labute approximate surface area is 113 Å². The Balaban J connectivity index is 2.29. The number of aromatic nitrogens is 2. The summed E-state index contributed by atoms with van der Waals surface area (Å²) in [4.78, 5) is 4.52. The lowest BCUT2D eigenvalue weighted by Gasteiger charge is -1.99. The highest BCUT2D eigenvalue weighted by Gasteiger charge is 2.08. The van der Waals surface area contributed by atoms with E-state index in [1.54, 1.807) is 6.20 Å². The molecule has 96 valence electrons. The van der Waals surface area contributed by atoms with Gasteiger partial charge in [-0.1, -0.05) is 61.2 Å². The van der Waals surface area contributed by atoms with Gasteiger partial charge >= 0.3 is 0 Å². The molecular weight excluding hydrogens is 234 g/mol. The molecule has 0 spiro atoms. The molecule has 2 aromatic rings. The van der Waals surface area contributed by atoms with Crippen molar-refractivity contribution in [3.05, 3.63) is 73.1 Å². The molecular formula is C16H17N3. The third-order valence-corrected chi connectivity index (χ3v) is 2.69. The highest BCUT2D eigenvalue weighted by atomic mass is 15.3. The predicted molar refractivity (Wildman–Crippen MR) is 80.8 cm³/mol. The van der Waals surface area contributed by atoms with Crippen LogP contribution in [0.5, 0.6) is 0 Å². The van der Waals surface area contributed by atoms with Crippen LogP contribution in [0.2, 0.25) is 0 Å². The second kappa shape index (κ2) is 5.87. The van der Waals surface area contributed by atoms with Crippen molar-refractivity contribution in [2.24, 2.45) is 0 Å². The molecule has 2 rings (SSSR count). The Morgan fingerprint density at radius 1 is 1.26 bits per heavy atom. The van der Waals surface area contributed by atoms with Gasteiger partial charge in [-0.25, -0.2) is 9.66 Å². The second-order valence-electron chi connectivity index (χ2n) is 4.13. The van der Waals surface area contributed by atoms with Crippen LogP contribution >= 0.6 is 0 Å². The van der Waals surface area contributed by atoms with Gasteiger partial charge in [-0.15, -0.1) is 0 Å². The van der Waals surface area contributed by atoms with Crippen LogP contribution in [0.25, 0.3) is 17.0 Å². The highest BCUT2D eigenvalue weighted by Crippen LogP contribution is 2.20. The van der Waals surface area contributed by atoms with Crippen LogP contribution in [0.3, 0.4) is 0 Å². The maximum atomic E-state index is 5.94. The van der Waals surface area contributed by atoms with Gasteiger partial charge in [-0.05, 0) is 12.5 Å². The molecule has 0 unspecified atom stereocenters. The van der Waals surface area contributed by atoms with Gasteiger partial charge in [0.15, 0.2) is 5.82 Å². The first-order chi connectivity index (χ1) is 9.22. The van der Waals surface area contributed by atoms with E-state index in [0.717, 1.165) is 22.7 Å². The van der Waals surface area contributed by atoms with E-state index in [0.29, 0.717) is 0 Å². The van der Waals surface area contributed by atoms with Crippen molar-refractivity contribution in [2.45, 2.75) is 6.92 Å². The predicted octanol–water partition coefficient (Wildman–Crippen LogP) is 3.41. The monoisotopic (exact) mass is 251 g/mol. The van der Waals surface area contributed by atoms with Crippen LogP contribution in [0, 0.1) is 0 Å². The summed E-state index contributed by atoms with van der Waals surface area (Å²) in [6.45, 7) is 5.96. The molecule has 0 amide bonds. The van der Waals surface area contributed by atoms with Crippen molar-refractivity contribution in [3.63, 3.8) is 0 Å². The molecule has 0 aliphatic rings. The number of nitrogens with zero attached hydrogens (tertiary/aromatic N) is 2. The van der Waals surface area contributed by atoms with E-state index < -0.39 is 0 Å². The van der Waals surface area contributed by atoms with Gasteiger partial charge in [-0.3, -0.25) is 0 Å². The third kappa shape index (κ3) is 3.01. The molecule has 0 aliphatic carbocycles. The minimum atomic E-state index is 0.733. The molecule has 1 heterocycles. The number of hydrogen-bond donors (Lipinski definition) is 1. The second-order valence-corrected chi connectivity index (χ2v) is 4.13. The summed E-state index contributed by atoms with van der Waals surface area (Å²) in [5.41, 5.74) is 2.60. The van der Waals surface area contributed by atoms with Crippen LogP contribution in [-0.2, 0) is 0 Å². The summed E-state index contributed by atoms with van der Waals surface area (Å²) in [5.74, 6) is 6.67. The fraction of sp³-hybridized carbons (Fsp3) is 0.0625. The van der Waals surface area contributed by atoms with Crippen LogP contribution in [0.4, 0.5) is 0 Å². The van der Waals surface area contributed by atoms with E-state index in [-0.39, 0.29) is 0 Å². The van der Waals surface area contributed by atoms with E-state index in [1.807, 2.05) is 61.6 Å². The first-order valence-electron chi connectivity index (χ1n) is 6.11. The molecule has 1 aromatic heterocycles. The van der Waals surface area contributed by atoms with Gasteiger partial charge in [-0.2, -0.15) is 0 Å². The van der Waals surface area contributed by atoms with Crippen molar-refractivity contribution in [2.75, 3.05) is 5.84 Å². The molecule has 0 bridgehead atoms. The minimum Gasteiger partial charge on any atom is -0.338 e. The van der Waals surface area contributed by atoms with Gasteiger partial charge in [0.1, 0.15) is 0 Å². The molecule has 19 heavy (non-hydrogen) atoms. The zero-order valence-corrected chi connectivity index (χ0v) is 11.0. The lowest BCUT2D eigenvalue weighted by molar-refractivity contribution is 1.01. The maximum Gasteiger partial charge on any atom is 0.158 e. The fourth-order valence-electron chi connectivity index (χ4n) is 1.72. The average molecular weight is 251 g/mol. The van der Waals surface area contributed by atoms with Gasteiger partial charge < -0.3 is 5.84 Å². The topological polar surface area (TPSA) is 43.8 Å². The molecule has 0 saturated heterocycles. The van der Waals surface area contributed by atoms with Crippen LogP contribution in [0.1, 0.15) is 12.6 Å². The molecule has 0 radical (unpaired) electrons. The first kappa shape index (κ1) is 12.9. The molecule has 1 aromatic carbocycles. The van der Waals surface area contributed by atoms with Gasteiger partial charge in [0, 0.05) is 5.56 Å². The smallest absolute Gasteiger partial charge is 0.158 e. The first-order valence-corrected chi connectivity index (χ1v) is 6.11. The Morgan fingerprint density at radius 3 is 2.68 bits per heavy atom. The Bertz CT molecular complexity index is 619. The van der Waals surface area contributed by atoms with Gasteiger partial charge in [0.2, 0.25) is 0 Å². The van der Waals surface area contributed by atoms with Crippen LogP contribution < -0.4 is 5.84 Å². The van der Waals surface area contributed by atoms with Gasteiger partial charge in [0.05, 0.1) is 11.9 Å². The standard InChI is InChI=1S/C16H17N3/c1-3-4-6-9-13(2)15-12-19(17)16(18-15)14-10-7-5-8-11-14/h3-12H,2,17H2,1H3/b4-3-,9-6-. The maximum absolute atomic E-state index is 5.94. The number of benzene rings is 1. The van der Waals surface area contributed by atoms with E-state index in [2.05, 4.69) is 11.6 Å². The zero-order chi connectivity index (χ0) is 13.7. The minimum absolute atomic E-state index is 0.733. The van der Waals surface area contributed by atoms with Crippen molar-refractivity contribution in [1.82, 2.24) is 9.66 Å². The summed E-state index contributed by atoms with van der Waals surface area (Å²) in [6.07, 6.45) is 9.53. The van der Waals surface area contributed by atoms with E-state index in [9.17, 15) is 0 Å². The summed E-state index contributed by atoms with van der Waals surface area (Å²) < 4.78 is 1.53. The fourth-order valence-corrected chi connectivity index (χ4v) is 1.72. The molecule has 2 N–H and O–H groups in total. The molecule has 0 aliphatic heterocycles. The summed E-state index contributed by atoms with van der Waals surface area (Å²) >= 11 is 0.